The molecule has 2 N–H and O–H groups in total. The molecule has 2 rings (SSSR count). The third-order valence-electron chi connectivity index (χ3n) is 4.16. The van der Waals surface area contributed by atoms with Crippen LogP contribution in [-0.2, 0) is 17.8 Å². The molecule has 0 fully saturated rings. The smallest absolute Gasteiger partial charge is 0.251 e. The second-order valence-electron chi connectivity index (χ2n) is 6.62. The Kier molecular flexibility index (Phi) is 6.34. The highest BCUT2D eigenvalue weighted by molar-refractivity contribution is 5.94. The monoisotopic (exact) mass is 338 g/mol. The van der Waals surface area contributed by atoms with Crippen LogP contribution in [0.15, 0.2) is 42.5 Å². The summed E-state index contributed by atoms with van der Waals surface area (Å²) in [4.78, 5) is 23.3. The maximum Gasteiger partial charge on any atom is 0.251 e. The third kappa shape index (κ3) is 5.75. The number of nitrogens with one attached hydrogen (secondary N) is 2. The molecule has 0 spiro atoms. The highest BCUT2D eigenvalue weighted by Gasteiger charge is 2.11. The van der Waals surface area contributed by atoms with Crippen LogP contribution in [0.1, 0.15) is 46.5 Å². The van der Waals surface area contributed by atoms with Crippen molar-refractivity contribution in [1.82, 2.24) is 10.6 Å². The first-order valence-corrected chi connectivity index (χ1v) is 8.55. The summed E-state index contributed by atoms with van der Waals surface area (Å²) < 4.78 is 0. The molecule has 2 aromatic rings. The fourth-order valence-electron chi connectivity index (χ4n) is 2.76. The van der Waals surface area contributed by atoms with Gasteiger partial charge in [0.25, 0.3) is 5.91 Å². The SMILES string of the molecule is CC(=O)NCc1ccc(C(=O)N[C@@H](C)Cc2ccc(C)cc2C)cc1. The summed E-state index contributed by atoms with van der Waals surface area (Å²) in [6, 6.07) is 13.7. The topological polar surface area (TPSA) is 58.2 Å². The highest BCUT2D eigenvalue weighted by atomic mass is 16.2. The summed E-state index contributed by atoms with van der Waals surface area (Å²) in [5.74, 6) is -0.148. The predicted molar refractivity (Wildman–Crippen MR) is 101 cm³/mol. The summed E-state index contributed by atoms with van der Waals surface area (Å²) >= 11 is 0. The van der Waals surface area contributed by atoms with E-state index >= 15 is 0 Å². The van der Waals surface area contributed by atoms with Gasteiger partial charge in [0.1, 0.15) is 0 Å². The first-order valence-electron chi connectivity index (χ1n) is 8.55. The van der Waals surface area contributed by atoms with Gasteiger partial charge >= 0.3 is 0 Å². The number of carbonyl (C=O) groups excluding carboxylic acids is 2. The van der Waals surface area contributed by atoms with Gasteiger partial charge in [-0.15, -0.1) is 0 Å². The molecule has 25 heavy (non-hydrogen) atoms. The van der Waals surface area contributed by atoms with Crippen molar-refractivity contribution in [3.8, 4) is 0 Å². The lowest BCUT2D eigenvalue weighted by Crippen LogP contribution is -2.34. The van der Waals surface area contributed by atoms with Crippen LogP contribution in [0.25, 0.3) is 0 Å². The van der Waals surface area contributed by atoms with Gasteiger partial charge < -0.3 is 10.6 Å². The van der Waals surface area contributed by atoms with Crippen molar-refractivity contribution in [3.63, 3.8) is 0 Å². The zero-order valence-corrected chi connectivity index (χ0v) is 15.3. The van der Waals surface area contributed by atoms with Gasteiger partial charge in [-0.1, -0.05) is 35.9 Å². The molecule has 0 radical (unpaired) electrons. The molecule has 0 saturated carbocycles. The lowest BCUT2D eigenvalue weighted by atomic mass is 10.00. The number of benzene rings is 2. The lowest BCUT2D eigenvalue weighted by molar-refractivity contribution is -0.119. The van der Waals surface area contributed by atoms with E-state index in [-0.39, 0.29) is 17.9 Å². The van der Waals surface area contributed by atoms with Gasteiger partial charge in [0, 0.05) is 25.1 Å². The Morgan fingerprint density at radius 1 is 1.04 bits per heavy atom. The van der Waals surface area contributed by atoms with E-state index in [2.05, 4.69) is 42.7 Å². The van der Waals surface area contributed by atoms with Crippen LogP contribution < -0.4 is 10.6 Å². The first kappa shape index (κ1) is 18.7. The maximum absolute atomic E-state index is 12.4. The van der Waals surface area contributed by atoms with Gasteiger partial charge in [0.05, 0.1) is 0 Å². The lowest BCUT2D eigenvalue weighted by Gasteiger charge is -2.16. The number of amides is 2. The summed E-state index contributed by atoms with van der Waals surface area (Å²) in [7, 11) is 0. The summed E-state index contributed by atoms with van der Waals surface area (Å²) in [6.45, 7) is 8.16. The van der Waals surface area contributed by atoms with Crippen LogP contribution in [0.5, 0.6) is 0 Å². The van der Waals surface area contributed by atoms with Crippen LogP contribution in [0.4, 0.5) is 0 Å². The van der Waals surface area contributed by atoms with Crippen LogP contribution in [0, 0.1) is 13.8 Å². The highest BCUT2D eigenvalue weighted by Crippen LogP contribution is 2.13. The minimum Gasteiger partial charge on any atom is -0.352 e. The van der Waals surface area contributed by atoms with E-state index in [0.717, 1.165) is 12.0 Å². The van der Waals surface area contributed by atoms with Crippen molar-refractivity contribution in [2.24, 2.45) is 0 Å². The fourth-order valence-corrected chi connectivity index (χ4v) is 2.76. The molecule has 0 saturated heterocycles. The van der Waals surface area contributed by atoms with Gasteiger partial charge in [-0.3, -0.25) is 9.59 Å². The van der Waals surface area contributed by atoms with Crippen LogP contribution in [0.2, 0.25) is 0 Å². The minimum atomic E-state index is -0.0802. The molecule has 4 heteroatoms. The Bertz CT molecular complexity index is 751. The zero-order chi connectivity index (χ0) is 18.4. The molecule has 0 aliphatic heterocycles. The van der Waals surface area contributed by atoms with Crippen LogP contribution in [-0.4, -0.2) is 17.9 Å². The van der Waals surface area contributed by atoms with Gasteiger partial charge in [0.2, 0.25) is 5.91 Å². The molecule has 1 atom stereocenters. The Morgan fingerprint density at radius 2 is 1.72 bits per heavy atom. The maximum atomic E-state index is 12.4. The summed E-state index contributed by atoms with van der Waals surface area (Å²) in [5.41, 5.74) is 5.35. The Balaban J connectivity index is 1.93. The molecule has 132 valence electrons. The normalized spacial score (nSPS) is 11.7. The average Bonchev–Trinajstić information content (AvgIpc) is 2.56. The van der Waals surface area contributed by atoms with Crippen LogP contribution in [0.3, 0.4) is 0 Å². The molecule has 2 amide bonds. The third-order valence-corrected chi connectivity index (χ3v) is 4.16. The molecule has 0 aliphatic carbocycles. The molecular weight excluding hydrogens is 312 g/mol. The number of hydrogen-bond donors (Lipinski definition) is 2. The quantitative estimate of drug-likeness (QED) is 0.849. The molecular formula is C21H26N2O2. The van der Waals surface area contributed by atoms with Crippen molar-refractivity contribution in [2.45, 2.75) is 46.7 Å². The molecule has 2 aromatic carbocycles. The van der Waals surface area contributed by atoms with Crippen molar-refractivity contribution in [1.29, 1.82) is 0 Å². The largest absolute Gasteiger partial charge is 0.352 e. The number of rotatable bonds is 6. The molecule has 0 bridgehead atoms. The van der Waals surface area contributed by atoms with E-state index < -0.39 is 0 Å². The van der Waals surface area contributed by atoms with Crippen molar-refractivity contribution in [3.05, 3.63) is 70.3 Å². The first-order chi connectivity index (χ1) is 11.8. The second kappa shape index (κ2) is 8.47. The molecule has 0 aliphatic rings. The van der Waals surface area contributed by atoms with Crippen LogP contribution >= 0.6 is 0 Å². The zero-order valence-electron chi connectivity index (χ0n) is 15.3. The van der Waals surface area contributed by atoms with E-state index in [4.69, 9.17) is 0 Å². The van der Waals surface area contributed by atoms with E-state index in [1.807, 2.05) is 19.1 Å². The van der Waals surface area contributed by atoms with Crippen molar-refractivity contribution < 1.29 is 9.59 Å². The van der Waals surface area contributed by atoms with Crippen molar-refractivity contribution >= 4 is 11.8 Å². The molecule has 0 aromatic heterocycles. The second-order valence-corrected chi connectivity index (χ2v) is 6.62. The molecule has 0 heterocycles. The summed E-state index contributed by atoms with van der Waals surface area (Å²) in [5, 5.41) is 5.79. The predicted octanol–water partition coefficient (Wildman–Crippen LogP) is 3.30. The number of carbonyl (C=O) groups is 2. The van der Waals surface area contributed by atoms with Gasteiger partial charge in [-0.2, -0.15) is 0 Å². The Hall–Kier alpha value is -2.62. The van der Waals surface area contributed by atoms with Gasteiger partial charge in [0.15, 0.2) is 0 Å². The van der Waals surface area contributed by atoms with Gasteiger partial charge in [-0.25, -0.2) is 0 Å². The average molecular weight is 338 g/mol. The summed E-state index contributed by atoms with van der Waals surface area (Å²) in [6.07, 6.45) is 0.804. The van der Waals surface area contributed by atoms with E-state index in [1.165, 1.54) is 23.6 Å². The number of hydrogen-bond acceptors (Lipinski definition) is 2. The van der Waals surface area contributed by atoms with E-state index in [1.54, 1.807) is 12.1 Å². The van der Waals surface area contributed by atoms with Gasteiger partial charge in [-0.05, 0) is 56.0 Å². The molecule has 4 nitrogen and oxygen atoms in total. The van der Waals surface area contributed by atoms with Crippen molar-refractivity contribution in [2.75, 3.05) is 0 Å². The van der Waals surface area contributed by atoms with E-state index in [9.17, 15) is 9.59 Å². The Labute approximate surface area is 149 Å². The Morgan fingerprint density at radius 3 is 2.32 bits per heavy atom. The number of aryl methyl sites for hydroxylation is 2. The van der Waals surface area contributed by atoms with E-state index in [0.29, 0.717) is 12.1 Å². The minimum absolute atomic E-state index is 0.0490. The standard InChI is InChI=1S/C21H26N2O2/c1-14-5-8-20(15(2)11-14)12-16(3)23-21(25)19-9-6-18(7-10-19)13-22-17(4)24/h5-11,16H,12-13H2,1-4H3,(H,22,24)(H,23,25)/t16-/m0/s1. The molecule has 0 unspecified atom stereocenters. The fraction of sp³-hybridized carbons (Fsp3) is 0.333.